The molecule has 1 unspecified atom stereocenters. The van der Waals surface area contributed by atoms with Gasteiger partial charge in [0, 0.05) is 24.9 Å². The minimum Gasteiger partial charge on any atom is -0.357 e. The summed E-state index contributed by atoms with van der Waals surface area (Å²) in [6.45, 7) is 2.42. The van der Waals surface area contributed by atoms with Gasteiger partial charge in [-0.1, -0.05) is 78.4 Å². The predicted octanol–water partition coefficient (Wildman–Crippen LogP) is 4.47. The standard InChI is InChI=1S/C26H28N2O2S/c1-20-10-9-13-22(16-20)18-28(25(29)19-31-23-14-7-4-8-15-23)24(26(30)27-2)17-21-11-5-3-6-12-21/h3-16,24H,17-19H2,1-2H3,(H,27,30). The summed E-state index contributed by atoms with van der Waals surface area (Å²) in [5.41, 5.74) is 3.16. The fourth-order valence-corrected chi connectivity index (χ4v) is 4.28. The number of nitrogens with zero attached hydrogens (tertiary/aromatic N) is 1. The third-order valence-corrected chi connectivity index (χ3v) is 6.06. The number of hydrogen-bond acceptors (Lipinski definition) is 3. The highest BCUT2D eigenvalue weighted by Crippen LogP contribution is 2.21. The highest BCUT2D eigenvalue weighted by Gasteiger charge is 2.29. The van der Waals surface area contributed by atoms with Gasteiger partial charge in [0.15, 0.2) is 0 Å². The monoisotopic (exact) mass is 432 g/mol. The molecule has 0 bridgehead atoms. The average Bonchev–Trinajstić information content (AvgIpc) is 2.80. The zero-order valence-electron chi connectivity index (χ0n) is 18.0. The highest BCUT2D eigenvalue weighted by molar-refractivity contribution is 8.00. The molecule has 31 heavy (non-hydrogen) atoms. The maximum absolute atomic E-state index is 13.4. The Hall–Kier alpha value is -3.05. The van der Waals surface area contributed by atoms with Crippen molar-refractivity contribution < 1.29 is 9.59 Å². The molecule has 0 aromatic heterocycles. The van der Waals surface area contributed by atoms with Crippen LogP contribution in [0.25, 0.3) is 0 Å². The molecule has 4 nitrogen and oxygen atoms in total. The van der Waals surface area contributed by atoms with E-state index in [4.69, 9.17) is 0 Å². The molecule has 0 aliphatic rings. The smallest absolute Gasteiger partial charge is 0.242 e. The van der Waals surface area contributed by atoms with E-state index in [9.17, 15) is 9.59 Å². The molecule has 0 saturated heterocycles. The first-order valence-corrected chi connectivity index (χ1v) is 11.3. The van der Waals surface area contributed by atoms with E-state index in [0.29, 0.717) is 13.0 Å². The van der Waals surface area contributed by atoms with Crippen LogP contribution in [0.1, 0.15) is 16.7 Å². The number of likely N-dealkylation sites (N-methyl/N-ethyl adjacent to an activating group) is 1. The van der Waals surface area contributed by atoms with Crippen molar-refractivity contribution in [1.82, 2.24) is 10.2 Å². The molecular formula is C26H28N2O2S. The largest absolute Gasteiger partial charge is 0.357 e. The van der Waals surface area contributed by atoms with Crippen LogP contribution in [0.15, 0.2) is 89.8 Å². The number of amides is 2. The summed E-state index contributed by atoms with van der Waals surface area (Å²) in [5.74, 6) is 0.0624. The summed E-state index contributed by atoms with van der Waals surface area (Å²) in [4.78, 5) is 29.0. The van der Waals surface area contributed by atoms with Crippen LogP contribution >= 0.6 is 11.8 Å². The lowest BCUT2D eigenvalue weighted by Gasteiger charge is -2.31. The molecule has 0 fully saturated rings. The first-order valence-electron chi connectivity index (χ1n) is 10.3. The quantitative estimate of drug-likeness (QED) is 0.508. The maximum atomic E-state index is 13.4. The maximum Gasteiger partial charge on any atom is 0.242 e. The van der Waals surface area contributed by atoms with E-state index in [2.05, 4.69) is 11.4 Å². The zero-order valence-corrected chi connectivity index (χ0v) is 18.8. The van der Waals surface area contributed by atoms with E-state index in [1.165, 1.54) is 11.8 Å². The molecule has 0 radical (unpaired) electrons. The topological polar surface area (TPSA) is 49.4 Å². The lowest BCUT2D eigenvalue weighted by atomic mass is 10.0. The Morgan fingerprint density at radius 1 is 0.903 bits per heavy atom. The Balaban J connectivity index is 1.87. The van der Waals surface area contributed by atoms with Gasteiger partial charge in [-0.3, -0.25) is 9.59 Å². The highest BCUT2D eigenvalue weighted by atomic mass is 32.2. The van der Waals surface area contributed by atoms with Crippen LogP contribution in [0, 0.1) is 6.92 Å². The van der Waals surface area contributed by atoms with E-state index in [1.54, 1.807) is 11.9 Å². The number of carbonyl (C=O) groups excluding carboxylic acids is 2. The Labute approximate surface area is 188 Å². The van der Waals surface area contributed by atoms with Crippen molar-refractivity contribution >= 4 is 23.6 Å². The van der Waals surface area contributed by atoms with Crippen LogP contribution in [0.5, 0.6) is 0 Å². The lowest BCUT2D eigenvalue weighted by molar-refractivity contribution is -0.139. The molecule has 3 rings (SSSR count). The van der Waals surface area contributed by atoms with Crippen LogP contribution in [0.4, 0.5) is 0 Å². The summed E-state index contributed by atoms with van der Waals surface area (Å²) in [5, 5.41) is 2.75. The van der Waals surface area contributed by atoms with Gasteiger partial charge < -0.3 is 10.2 Å². The summed E-state index contributed by atoms with van der Waals surface area (Å²) >= 11 is 1.49. The van der Waals surface area contributed by atoms with Gasteiger partial charge in [0.1, 0.15) is 6.04 Å². The van der Waals surface area contributed by atoms with E-state index in [0.717, 1.165) is 21.6 Å². The predicted molar refractivity (Wildman–Crippen MR) is 127 cm³/mol. The van der Waals surface area contributed by atoms with Crippen molar-refractivity contribution in [2.45, 2.75) is 30.8 Å². The third-order valence-electron chi connectivity index (χ3n) is 5.06. The molecule has 1 N–H and O–H groups in total. The minimum atomic E-state index is -0.586. The number of hydrogen-bond donors (Lipinski definition) is 1. The van der Waals surface area contributed by atoms with Crippen LogP contribution in [-0.4, -0.2) is 35.6 Å². The third kappa shape index (κ3) is 6.72. The second-order valence-corrected chi connectivity index (χ2v) is 8.48. The van der Waals surface area contributed by atoms with E-state index < -0.39 is 6.04 Å². The Kier molecular flexibility index (Phi) is 8.30. The zero-order chi connectivity index (χ0) is 22.1. The van der Waals surface area contributed by atoms with Crippen LogP contribution < -0.4 is 5.32 Å². The van der Waals surface area contributed by atoms with Gasteiger partial charge in [0.2, 0.25) is 11.8 Å². The van der Waals surface area contributed by atoms with Crippen molar-refractivity contribution in [3.8, 4) is 0 Å². The van der Waals surface area contributed by atoms with Crippen LogP contribution in [-0.2, 0) is 22.6 Å². The van der Waals surface area contributed by atoms with Crippen molar-refractivity contribution in [1.29, 1.82) is 0 Å². The van der Waals surface area contributed by atoms with Gasteiger partial charge >= 0.3 is 0 Å². The summed E-state index contributed by atoms with van der Waals surface area (Å²) in [6, 6.07) is 27.2. The second-order valence-electron chi connectivity index (χ2n) is 7.43. The number of aryl methyl sites for hydroxylation is 1. The second kappa shape index (κ2) is 11.4. The van der Waals surface area contributed by atoms with Crippen molar-refractivity contribution in [3.63, 3.8) is 0 Å². The number of carbonyl (C=O) groups is 2. The van der Waals surface area contributed by atoms with Crippen molar-refractivity contribution in [2.75, 3.05) is 12.8 Å². The first kappa shape index (κ1) is 22.6. The van der Waals surface area contributed by atoms with Gasteiger partial charge in [-0.15, -0.1) is 11.8 Å². The molecule has 1 atom stereocenters. The minimum absolute atomic E-state index is 0.0557. The molecule has 0 saturated carbocycles. The van der Waals surface area contributed by atoms with Crippen molar-refractivity contribution in [3.05, 3.63) is 102 Å². The van der Waals surface area contributed by atoms with E-state index in [1.807, 2.05) is 85.8 Å². The Morgan fingerprint density at radius 2 is 1.55 bits per heavy atom. The molecule has 3 aromatic rings. The summed E-state index contributed by atoms with van der Waals surface area (Å²) in [6.07, 6.45) is 0.466. The molecule has 0 aliphatic carbocycles. The SMILES string of the molecule is CNC(=O)C(Cc1ccccc1)N(Cc1cccc(C)c1)C(=O)CSc1ccccc1. The number of benzene rings is 3. The van der Waals surface area contributed by atoms with Gasteiger partial charge in [-0.2, -0.15) is 0 Å². The molecular weight excluding hydrogens is 404 g/mol. The molecule has 0 spiro atoms. The normalized spacial score (nSPS) is 11.5. The summed E-state index contributed by atoms with van der Waals surface area (Å²) < 4.78 is 0. The van der Waals surface area contributed by atoms with Gasteiger partial charge in [-0.25, -0.2) is 0 Å². The molecule has 3 aromatic carbocycles. The molecule has 160 valence electrons. The Bertz CT molecular complexity index is 993. The van der Waals surface area contributed by atoms with E-state index in [-0.39, 0.29) is 17.6 Å². The number of rotatable bonds is 9. The Morgan fingerprint density at radius 3 is 2.19 bits per heavy atom. The van der Waals surface area contributed by atoms with Crippen LogP contribution in [0.2, 0.25) is 0 Å². The van der Waals surface area contributed by atoms with E-state index >= 15 is 0 Å². The fourth-order valence-electron chi connectivity index (χ4n) is 3.47. The van der Waals surface area contributed by atoms with Crippen LogP contribution in [0.3, 0.4) is 0 Å². The number of nitrogens with one attached hydrogen (secondary N) is 1. The van der Waals surface area contributed by atoms with Gasteiger partial charge in [0.25, 0.3) is 0 Å². The van der Waals surface area contributed by atoms with Crippen molar-refractivity contribution in [2.24, 2.45) is 0 Å². The molecule has 0 aliphatic heterocycles. The van der Waals surface area contributed by atoms with Gasteiger partial charge in [-0.05, 0) is 30.2 Å². The van der Waals surface area contributed by atoms with Gasteiger partial charge in [0.05, 0.1) is 5.75 Å². The first-order chi connectivity index (χ1) is 15.1. The number of thioether (sulfide) groups is 1. The summed E-state index contributed by atoms with van der Waals surface area (Å²) in [7, 11) is 1.62. The fraction of sp³-hybridized carbons (Fsp3) is 0.231. The molecule has 2 amide bonds. The average molecular weight is 433 g/mol. The molecule has 0 heterocycles. The molecule has 5 heteroatoms. The lowest BCUT2D eigenvalue weighted by Crippen LogP contribution is -2.50.